The molecule has 0 heterocycles. The van der Waals surface area contributed by atoms with Crippen LogP contribution in [-0.4, -0.2) is 0 Å². The Morgan fingerprint density at radius 2 is 1.72 bits per heavy atom. The quantitative estimate of drug-likeness (QED) is 0.778. The van der Waals surface area contributed by atoms with Crippen LogP contribution in [0.3, 0.4) is 0 Å². The number of rotatable bonds is 3. The van der Waals surface area contributed by atoms with E-state index in [1.165, 1.54) is 5.56 Å². The second kappa shape index (κ2) is 5.13. The molecule has 0 aliphatic rings. The van der Waals surface area contributed by atoms with Gasteiger partial charge in [-0.25, -0.2) is 0 Å². The fourth-order valence-corrected chi connectivity index (χ4v) is 1.90. The van der Waals surface area contributed by atoms with Crippen LogP contribution < -0.4 is 11.1 Å². The molecule has 0 aromatic heterocycles. The van der Waals surface area contributed by atoms with Crippen molar-refractivity contribution in [3.05, 3.63) is 53.6 Å². The van der Waals surface area contributed by atoms with Crippen molar-refractivity contribution in [3.63, 3.8) is 0 Å². The van der Waals surface area contributed by atoms with Gasteiger partial charge in [0, 0.05) is 17.1 Å². The van der Waals surface area contributed by atoms with Crippen LogP contribution in [0.5, 0.6) is 0 Å². The largest absolute Gasteiger partial charge is 0.399 e. The predicted molar refractivity (Wildman–Crippen MR) is 79.4 cm³/mol. The van der Waals surface area contributed by atoms with E-state index in [1.807, 2.05) is 19.1 Å². The van der Waals surface area contributed by atoms with Gasteiger partial charge in [-0.15, -0.1) is 0 Å². The van der Waals surface area contributed by atoms with E-state index in [-0.39, 0.29) is 0 Å². The van der Waals surface area contributed by atoms with Crippen LogP contribution in [0.2, 0.25) is 0 Å². The fourth-order valence-electron chi connectivity index (χ4n) is 1.90. The highest BCUT2D eigenvalue weighted by Crippen LogP contribution is 2.23. The van der Waals surface area contributed by atoms with Crippen molar-refractivity contribution in [2.75, 3.05) is 11.1 Å². The zero-order valence-electron chi connectivity index (χ0n) is 11.2. The standard InChI is InChI=1S/C16H20N2/c1-11(2)13-5-4-6-14(10-13)18-15-7-8-16(17)12(3)9-15/h4-11,18H,17H2,1-3H3. The lowest BCUT2D eigenvalue weighted by molar-refractivity contribution is 0.867. The highest BCUT2D eigenvalue weighted by atomic mass is 14.9. The molecule has 94 valence electrons. The van der Waals surface area contributed by atoms with Crippen molar-refractivity contribution in [1.29, 1.82) is 0 Å². The molecule has 2 aromatic carbocycles. The zero-order valence-corrected chi connectivity index (χ0v) is 11.2. The summed E-state index contributed by atoms with van der Waals surface area (Å²) >= 11 is 0. The van der Waals surface area contributed by atoms with Crippen molar-refractivity contribution >= 4 is 17.1 Å². The van der Waals surface area contributed by atoms with E-state index in [2.05, 4.69) is 49.5 Å². The second-order valence-corrected chi connectivity index (χ2v) is 4.98. The van der Waals surface area contributed by atoms with Gasteiger partial charge in [0.25, 0.3) is 0 Å². The Morgan fingerprint density at radius 1 is 1.00 bits per heavy atom. The molecule has 0 aliphatic heterocycles. The minimum absolute atomic E-state index is 0.542. The van der Waals surface area contributed by atoms with E-state index < -0.39 is 0 Å². The molecule has 2 nitrogen and oxygen atoms in total. The maximum absolute atomic E-state index is 5.82. The van der Waals surface area contributed by atoms with Crippen molar-refractivity contribution < 1.29 is 0 Å². The first-order chi connectivity index (χ1) is 8.56. The molecule has 0 saturated carbocycles. The van der Waals surface area contributed by atoms with Crippen molar-refractivity contribution in [2.45, 2.75) is 26.7 Å². The third-order valence-corrected chi connectivity index (χ3v) is 3.11. The first kappa shape index (κ1) is 12.5. The molecule has 0 aliphatic carbocycles. The smallest absolute Gasteiger partial charge is 0.0388 e. The number of aryl methyl sites for hydroxylation is 1. The van der Waals surface area contributed by atoms with E-state index in [0.717, 1.165) is 22.6 Å². The van der Waals surface area contributed by atoms with Crippen LogP contribution >= 0.6 is 0 Å². The summed E-state index contributed by atoms with van der Waals surface area (Å²) in [6.07, 6.45) is 0. The molecule has 0 fully saturated rings. The Hall–Kier alpha value is -1.96. The van der Waals surface area contributed by atoms with Gasteiger partial charge in [-0.2, -0.15) is 0 Å². The maximum atomic E-state index is 5.82. The second-order valence-electron chi connectivity index (χ2n) is 4.98. The maximum Gasteiger partial charge on any atom is 0.0388 e. The van der Waals surface area contributed by atoms with E-state index >= 15 is 0 Å². The lowest BCUT2D eigenvalue weighted by Crippen LogP contribution is -1.95. The molecule has 0 atom stereocenters. The van der Waals surface area contributed by atoms with Crippen LogP contribution in [0.15, 0.2) is 42.5 Å². The summed E-state index contributed by atoms with van der Waals surface area (Å²) in [5, 5.41) is 3.41. The van der Waals surface area contributed by atoms with Gasteiger partial charge in [0.2, 0.25) is 0 Å². The third-order valence-electron chi connectivity index (χ3n) is 3.11. The molecule has 0 unspecified atom stereocenters. The van der Waals surface area contributed by atoms with Crippen LogP contribution in [0, 0.1) is 6.92 Å². The van der Waals surface area contributed by atoms with Gasteiger partial charge >= 0.3 is 0 Å². The minimum atomic E-state index is 0.542. The number of anilines is 3. The Bertz CT molecular complexity index is 545. The minimum Gasteiger partial charge on any atom is -0.399 e. The summed E-state index contributed by atoms with van der Waals surface area (Å²) in [5.74, 6) is 0.542. The molecule has 2 heteroatoms. The lowest BCUT2D eigenvalue weighted by Gasteiger charge is -2.11. The summed E-state index contributed by atoms with van der Waals surface area (Å²) in [5.41, 5.74) is 11.3. The molecule has 18 heavy (non-hydrogen) atoms. The summed E-state index contributed by atoms with van der Waals surface area (Å²) in [4.78, 5) is 0. The Morgan fingerprint density at radius 3 is 2.39 bits per heavy atom. The van der Waals surface area contributed by atoms with Crippen molar-refractivity contribution in [2.24, 2.45) is 0 Å². The van der Waals surface area contributed by atoms with E-state index in [9.17, 15) is 0 Å². The molecule has 0 radical (unpaired) electrons. The highest BCUT2D eigenvalue weighted by molar-refractivity contribution is 5.64. The lowest BCUT2D eigenvalue weighted by atomic mass is 10.0. The van der Waals surface area contributed by atoms with Crippen molar-refractivity contribution in [1.82, 2.24) is 0 Å². The number of hydrogen-bond acceptors (Lipinski definition) is 2. The highest BCUT2D eigenvalue weighted by Gasteiger charge is 2.01. The topological polar surface area (TPSA) is 38.0 Å². The number of nitrogens with one attached hydrogen (secondary N) is 1. The summed E-state index contributed by atoms with van der Waals surface area (Å²) in [6.45, 7) is 6.42. The molecule has 0 saturated heterocycles. The first-order valence-electron chi connectivity index (χ1n) is 6.29. The monoisotopic (exact) mass is 240 g/mol. The SMILES string of the molecule is Cc1cc(Nc2cccc(C(C)C)c2)ccc1N. The van der Waals surface area contributed by atoms with Gasteiger partial charge in [-0.3, -0.25) is 0 Å². The molecular weight excluding hydrogens is 220 g/mol. The number of hydrogen-bond donors (Lipinski definition) is 2. The number of benzene rings is 2. The first-order valence-corrected chi connectivity index (χ1v) is 6.29. The van der Waals surface area contributed by atoms with E-state index in [1.54, 1.807) is 0 Å². The predicted octanol–water partition coefficient (Wildman–Crippen LogP) is 4.44. The fraction of sp³-hybridized carbons (Fsp3) is 0.250. The molecule has 0 spiro atoms. The van der Waals surface area contributed by atoms with Crippen LogP contribution in [0.25, 0.3) is 0 Å². The van der Waals surface area contributed by atoms with Crippen LogP contribution in [0.4, 0.5) is 17.1 Å². The molecule has 2 rings (SSSR count). The van der Waals surface area contributed by atoms with E-state index in [0.29, 0.717) is 5.92 Å². The van der Waals surface area contributed by atoms with Gasteiger partial charge in [0.1, 0.15) is 0 Å². The molecule has 2 aromatic rings. The van der Waals surface area contributed by atoms with Crippen molar-refractivity contribution in [3.8, 4) is 0 Å². The van der Waals surface area contributed by atoms with E-state index in [4.69, 9.17) is 5.73 Å². The van der Waals surface area contributed by atoms with Gasteiger partial charge in [0.05, 0.1) is 0 Å². The molecule has 3 N–H and O–H groups in total. The van der Waals surface area contributed by atoms with Gasteiger partial charge in [0.15, 0.2) is 0 Å². The summed E-state index contributed by atoms with van der Waals surface area (Å²) in [6, 6.07) is 14.5. The summed E-state index contributed by atoms with van der Waals surface area (Å²) < 4.78 is 0. The Labute approximate surface area is 109 Å². The van der Waals surface area contributed by atoms with Gasteiger partial charge < -0.3 is 11.1 Å². The van der Waals surface area contributed by atoms with Crippen LogP contribution in [-0.2, 0) is 0 Å². The Kier molecular flexibility index (Phi) is 3.56. The number of nitrogens with two attached hydrogens (primary N) is 1. The molecule has 0 amide bonds. The van der Waals surface area contributed by atoms with Gasteiger partial charge in [-0.1, -0.05) is 26.0 Å². The zero-order chi connectivity index (χ0) is 13.1. The molecule has 0 bridgehead atoms. The van der Waals surface area contributed by atoms with Crippen LogP contribution in [0.1, 0.15) is 30.9 Å². The normalized spacial score (nSPS) is 10.7. The Balaban J connectivity index is 2.23. The third kappa shape index (κ3) is 2.83. The average Bonchev–Trinajstić information content (AvgIpc) is 2.34. The summed E-state index contributed by atoms with van der Waals surface area (Å²) in [7, 11) is 0. The van der Waals surface area contributed by atoms with Gasteiger partial charge in [-0.05, 0) is 54.3 Å². The molecular formula is C16H20N2. The number of nitrogen functional groups attached to an aromatic ring is 1. The average molecular weight is 240 g/mol.